The van der Waals surface area contributed by atoms with E-state index in [1.54, 1.807) is 6.07 Å². The van der Waals surface area contributed by atoms with Crippen LogP contribution in [-0.2, 0) is 12.8 Å². The summed E-state index contributed by atoms with van der Waals surface area (Å²) in [6.07, 6.45) is 1.67. The Bertz CT molecular complexity index is 566. The van der Waals surface area contributed by atoms with Crippen LogP contribution in [0.4, 0.5) is 4.39 Å². The number of hydrogen-bond donors (Lipinski definition) is 1. The average molecular weight is 292 g/mol. The molecule has 2 N–H and O–H groups in total. The molecule has 2 aromatic rings. The Morgan fingerprint density at radius 3 is 2.25 bits per heavy atom. The van der Waals surface area contributed by atoms with E-state index in [9.17, 15) is 4.39 Å². The Hall–Kier alpha value is -1.38. The number of hydrogen-bond acceptors (Lipinski definition) is 1. The van der Waals surface area contributed by atoms with Crippen LogP contribution in [0.25, 0.3) is 0 Å². The molecule has 1 nitrogen and oxygen atoms in total. The van der Waals surface area contributed by atoms with E-state index in [0.29, 0.717) is 12.5 Å². The second kappa shape index (κ2) is 6.87. The van der Waals surface area contributed by atoms with E-state index in [4.69, 9.17) is 17.3 Å². The standard InChI is InChI=1S/C17H19ClFN/c1-12-2-4-13(5-3-12)8-15(11-20)9-14-6-7-16(18)17(19)10-14/h2-7,10,15H,8-9,11,20H2,1H3. The van der Waals surface area contributed by atoms with Crippen LogP contribution in [0, 0.1) is 18.7 Å². The largest absolute Gasteiger partial charge is 0.330 e. The van der Waals surface area contributed by atoms with Crippen molar-refractivity contribution in [2.45, 2.75) is 19.8 Å². The highest BCUT2D eigenvalue weighted by atomic mass is 35.5. The van der Waals surface area contributed by atoms with E-state index in [2.05, 4.69) is 31.2 Å². The molecule has 0 radical (unpaired) electrons. The zero-order valence-electron chi connectivity index (χ0n) is 11.6. The quantitative estimate of drug-likeness (QED) is 0.880. The number of halogens is 2. The molecule has 0 fully saturated rings. The molecule has 106 valence electrons. The molecule has 0 saturated heterocycles. The molecule has 0 saturated carbocycles. The summed E-state index contributed by atoms with van der Waals surface area (Å²) < 4.78 is 13.4. The number of rotatable bonds is 5. The van der Waals surface area contributed by atoms with Gasteiger partial charge in [-0.25, -0.2) is 4.39 Å². The van der Waals surface area contributed by atoms with Gasteiger partial charge in [-0.2, -0.15) is 0 Å². The third-order valence-corrected chi connectivity index (χ3v) is 3.79. The molecule has 0 amide bonds. The zero-order chi connectivity index (χ0) is 14.5. The fraction of sp³-hybridized carbons (Fsp3) is 0.294. The van der Waals surface area contributed by atoms with Crippen molar-refractivity contribution in [2.24, 2.45) is 11.7 Å². The molecular weight excluding hydrogens is 273 g/mol. The van der Waals surface area contributed by atoms with Gasteiger partial charge in [-0.1, -0.05) is 47.5 Å². The van der Waals surface area contributed by atoms with E-state index in [1.165, 1.54) is 17.2 Å². The van der Waals surface area contributed by atoms with Gasteiger partial charge in [0.15, 0.2) is 0 Å². The van der Waals surface area contributed by atoms with Gasteiger partial charge in [-0.3, -0.25) is 0 Å². The Morgan fingerprint density at radius 2 is 1.65 bits per heavy atom. The van der Waals surface area contributed by atoms with E-state index < -0.39 is 0 Å². The smallest absolute Gasteiger partial charge is 0.142 e. The number of benzene rings is 2. The maximum Gasteiger partial charge on any atom is 0.142 e. The normalized spacial score (nSPS) is 12.4. The Morgan fingerprint density at radius 1 is 1.05 bits per heavy atom. The molecule has 20 heavy (non-hydrogen) atoms. The number of nitrogens with two attached hydrogens (primary N) is 1. The summed E-state index contributed by atoms with van der Waals surface area (Å²) in [4.78, 5) is 0. The highest BCUT2D eigenvalue weighted by Crippen LogP contribution is 2.19. The zero-order valence-corrected chi connectivity index (χ0v) is 12.3. The number of aryl methyl sites for hydroxylation is 1. The summed E-state index contributed by atoms with van der Waals surface area (Å²) >= 11 is 5.70. The van der Waals surface area contributed by atoms with Crippen LogP contribution < -0.4 is 5.73 Å². The van der Waals surface area contributed by atoms with Gasteiger partial charge in [0.25, 0.3) is 0 Å². The van der Waals surface area contributed by atoms with Crippen LogP contribution >= 0.6 is 11.6 Å². The topological polar surface area (TPSA) is 26.0 Å². The summed E-state index contributed by atoms with van der Waals surface area (Å²) in [5.41, 5.74) is 9.30. The first-order valence-electron chi connectivity index (χ1n) is 6.78. The molecule has 0 aliphatic heterocycles. The fourth-order valence-corrected chi connectivity index (χ4v) is 2.41. The maximum atomic E-state index is 13.4. The van der Waals surface area contributed by atoms with Crippen LogP contribution in [0.2, 0.25) is 5.02 Å². The fourth-order valence-electron chi connectivity index (χ4n) is 2.30. The van der Waals surface area contributed by atoms with Crippen LogP contribution in [0.15, 0.2) is 42.5 Å². The molecule has 0 spiro atoms. The van der Waals surface area contributed by atoms with Gasteiger partial charge in [0, 0.05) is 0 Å². The van der Waals surface area contributed by atoms with Gasteiger partial charge in [-0.15, -0.1) is 0 Å². The maximum absolute atomic E-state index is 13.4. The van der Waals surface area contributed by atoms with Crippen molar-refractivity contribution in [3.05, 3.63) is 70.0 Å². The van der Waals surface area contributed by atoms with Crippen LogP contribution in [0.5, 0.6) is 0 Å². The predicted molar refractivity (Wildman–Crippen MR) is 82.5 cm³/mol. The molecule has 0 bridgehead atoms. The Labute approximate surface area is 124 Å². The van der Waals surface area contributed by atoms with Crippen LogP contribution in [0.3, 0.4) is 0 Å². The molecular formula is C17H19ClFN. The van der Waals surface area contributed by atoms with E-state index in [0.717, 1.165) is 18.4 Å². The van der Waals surface area contributed by atoms with Crippen molar-refractivity contribution in [3.63, 3.8) is 0 Å². The van der Waals surface area contributed by atoms with Crippen LogP contribution in [0.1, 0.15) is 16.7 Å². The van der Waals surface area contributed by atoms with Gasteiger partial charge in [0.05, 0.1) is 5.02 Å². The molecule has 0 aliphatic carbocycles. The highest BCUT2D eigenvalue weighted by molar-refractivity contribution is 6.30. The molecule has 0 aromatic heterocycles. The lowest BCUT2D eigenvalue weighted by Gasteiger charge is -2.15. The molecule has 2 rings (SSSR count). The monoisotopic (exact) mass is 291 g/mol. The average Bonchev–Trinajstić information content (AvgIpc) is 2.44. The minimum atomic E-state index is -0.365. The first-order chi connectivity index (χ1) is 9.58. The predicted octanol–water partition coefficient (Wildman–Crippen LogP) is 4.15. The highest BCUT2D eigenvalue weighted by Gasteiger charge is 2.10. The van der Waals surface area contributed by atoms with E-state index in [-0.39, 0.29) is 10.8 Å². The summed E-state index contributed by atoms with van der Waals surface area (Å²) in [5, 5.41) is 0.164. The second-order valence-electron chi connectivity index (χ2n) is 5.24. The van der Waals surface area contributed by atoms with Crippen molar-refractivity contribution < 1.29 is 4.39 Å². The lowest BCUT2D eigenvalue weighted by atomic mass is 9.92. The van der Waals surface area contributed by atoms with E-state index >= 15 is 0 Å². The molecule has 0 heterocycles. The lowest BCUT2D eigenvalue weighted by Crippen LogP contribution is -2.19. The van der Waals surface area contributed by atoms with Crippen molar-refractivity contribution in [3.8, 4) is 0 Å². The summed E-state index contributed by atoms with van der Waals surface area (Å²) in [6, 6.07) is 13.4. The third kappa shape index (κ3) is 4.06. The second-order valence-corrected chi connectivity index (χ2v) is 5.65. The SMILES string of the molecule is Cc1ccc(CC(CN)Cc2ccc(Cl)c(F)c2)cc1. The Balaban J connectivity index is 2.04. The van der Waals surface area contributed by atoms with E-state index in [1.807, 2.05) is 6.07 Å². The van der Waals surface area contributed by atoms with Gasteiger partial charge >= 0.3 is 0 Å². The summed E-state index contributed by atoms with van der Waals surface area (Å²) in [7, 11) is 0. The first kappa shape index (κ1) is 15.0. The summed E-state index contributed by atoms with van der Waals surface area (Å²) in [5.74, 6) is -0.0615. The molecule has 2 aromatic carbocycles. The molecule has 1 unspecified atom stereocenters. The third-order valence-electron chi connectivity index (χ3n) is 3.49. The lowest BCUT2D eigenvalue weighted by molar-refractivity contribution is 0.530. The van der Waals surface area contributed by atoms with Gasteiger partial charge in [-0.05, 0) is 55.5 Å². The molecule has 0 aliphatic rings. The molecule has 3 heteroatoms. The van der Waals surface area contributed by atoms with Gasteiger partial charge < -0.3 is 5.73 Å². The Kier molecular flexibility index (Phi) is 5.16. The minimum absolute atomic E-state index is 0.164. The van der Waals surface area contributed by atoms with Crippen molar-refractivity contribution in [1.29, 1.82) is 0 Å². The minimum Gasteiger partial charge on any atom is -0.330 e. The van der Waals surface area contributed by atoms with Crippen molar-refractivity contribution >= 4 is 11.6 Å². The van der Waals surface area contributed by atoms with Crippen molar-refractivity contribution in [1.82, 2.24) is 0 Å². The van der Waals surface area contributed by atoms with Gasteiger partial charge in [0.1, 0.15) is 5.82 Å². The summed E-state index contributed by atoms with van der Waals surface area (Å²) in [6.45, 7) is 2.65. The first-order valence-corrected chi connectivity index (χ1v) is 7.16. The van der Waals surface area contributed by atoms with Crippen LogP contribution in [-0.4, -0.2) is 6.54 Å². The van der Waals surface area contributed by atoms with Gasteiger partial charge in [0.2, 0.25) is 0 Å². The van der Waals surface area contributed by atoms with Crippen molar-refractivity contribution in [2.75, 3.05) is 6.54 Å². The molecule has 1 atom stereocenters.